The molecule has 0 aliphatic rings. The van der Waals surface area contributed by atoms with Crippen LogP contribution in [-0.2, 0) is 0 Å². The van der Waals surface area contributed by atoms with Gasteiger partial charge in [0.25, 0.3) is 5.91 Å². The van der Waals surface area contributed by atoms with Crippen LogP contribution in [0.4, 0.5) is 0 Å². The number of rotatable bonds is 5. The van der Waals surface area contributed by atoms with Crippen molar-refractivity contribution in [3.8, 4) is 12.1 Å². The highest BCUT2D eigenvalue weighted by atomic mass is 79.9. The molecule has 0 spiro atoms. The number of amides is 1. The molecule has 19 heavy (non-hydrogen) atoms. The first-order valence-corrected chi connectivity index (χ1v) is 6.68. The normalized spacial score (nSPS) is 9.47. The smallest absolute Gasteiger partial charge is 0.255 e. The van der Waals surface area contributed by atoms with Crippen LogP contribution in [0.5, 0.6) is 0 Å². The van der Waals surface area contributed by atoms with Crippen LogP contribution < -0.4 is 0 Å². The monoisotopic (exact) mass is 319 g/mol. The second-order valence-corrected chi connectivity index (χ2v) is 4.95. The van der Waals surface area contributed by atoms with Gasteiger partial charge in [0.05, 0.1) is 30.5 Å². The molecule has 1 aromatic rings. The van der Waals surface area contributed by atoms with Crippen molar-refractivity contribution in [3.05, 3.63) is 33.8 Å². The van der Waals surface area contributed by atoms with E-state index in [0.29, 0.717) is 18.7 Å². The summed E-state index contributed by atoms with van der Waals surface area (Å²) in [5.74, 6) is -0.155. The van der Waals surface area contributed by atoms with Crippen LogP contribution in [0.2, 0.25) is 0 Å². The average Bonchev–Trinajstić information content (AvgIpc) is 2.38. The van der Waals surface area contributed by atoms with E-state index in [-0.39, 0.29) is 18.7 Å². The van der Waals surface area contributed by atoms with Gasteiger partial charge in [-0.3, -0.25) is 4.79 Å². The highest BCUT2D eigenvalue weighted by Crippen LogP contribution is 2.20. The first-order valence-electron chi connectivity index (χ1n) is 5.89. The minimum absolute atomic E-state index is 0.155. The van der Waals surface area contributed by atoms with Crippen LogP contribution in [0.1, 0.15) is 28.8 Å². The first kappa shape index (κ1) is 15.2. The molecule has 4 nitrogen and oxygen atoms in total. The van der Waals surface area contributed by atoms with Crippen LogP contribution in [0.3, 0.4) is 0 Å². The number of hydrogen-bond donors (Lipinski definition) is 0. The molecule has 1 amide bonds. The Morgan fingerprint density at radius 1 is 1.26 bits per heavy atom. The quantitative estimate of drug-likeness (QED) is 0.837. The lowest BCUT2D eigenvalue weighted by atomic mass is 10.1. The fourth-order valence-corrected chi connectivity index (χ4v) is 2.31. The van der Waals surface area contributed by atoms with Crippen molar-refractivity contribution in [1.82, 2.24) is 4.90 Å². The van der Waals surface area contributed by atoms with E-state index in [4.69, 9.17) is 10.5 Å². The third-order valence-corrected chi connectivity index (χ3v) is 3.29. The third kappa shape index (κ3) is 4.39. The zero-order valence-electron chi connectivity index (χ0n) is 10.7. The van der Waals surface area contributed by atoms with Gasteiger partial charge in [-0.25, -0.2) is 0 Å². The zero-order chi connectivity index (χ0) is 14.3. The van der Waals surface area contributed by atoms with E-state index in [1.54, 1.807) is 11.0 Å². The van der Waals surface area contributed by atoms with Gasteiger partial charge in [-0.15, -0.1) is 0 Å². The summed E-state index contributed by atoms with van der Waals surface area (Å²) in [6.45, 7) is 2.64. The SMILES string of the molecule is Cc1ccc(C(=O)N(CCC#N)CCC#N)c(Br)c1. The number of halogens is 1. The average molecular weight is 320 g/mol. The molecule has 0 radical (unpaired) electrons. The summed E-state index contributed by atoms with van der Waals surface area (Å²) in [6.07, 6.45) is 0.529. The predicted octanol–water partition coefficient (Wildman–Crippen LogP) is 3.03. The van der Waals surface area contributed by atoms with Crippen molar-refractivity contribution >= 4 is 21.8 Å². The zero-order valence-corrected chi connectivity index (χ0v) is 12.3. The minimum Gasteiger partial charge on any atom is -0.337 e. The summed E-state index contributed by atoms with van der Waals surface area (Å²) in [6, 6.07) is 9.53. The summed E-state index contributed by atoms with van der Waals surface area (Å²) in [5, 5.41) is 17.2. The molecule has 0 atom stereocenters. The Labute approximate surface area is 121 Å². The van der Waals surface area contributed by atoms with Gasteiger partial charge in [-0.2, -0.15) is 10.5 Å². The molecule has 98 valence electrons. The van der Waals surface area contributed by atoms with Gasteiger partial charge < -0.3 is 4.90 Å². The van der Waals surface area contributed by atoms with Crippen molar-refractivity contribution in [2.75, 3.05) is 13.1 Å². The van der Waals surface area contributed by atoms with Crippen molar-refractivity contribution in [1.29, 1.82) is 10.5 Å². The Bertz CT molecular complexity index is 525. The lowest BCUT2D eigenvalue weighted by molar-refractivity contribution is 0.0761. The lowest BCUT2D eigenvalue weighted by Gasteiger charge is -2.21. The molecule has 0 bridgehead atoms. The van der Waals surface area contributed by atoms with E-state index in [1.807, 2.05) is 31.2 Å². The van der Waals surface area contributed by atoms with E-state index in [9.17, 15) is 4.79 Å². The maximum absolute atomic E-state index is 12.4. The molecule has 0 unspecified atom stereocenters. The number of benzene rings is 1. The van der Waals surface area contributed by atoms with E-state index in [1.165, 1.54) is 0 Å². The predicted molar refractivity (Wildman–Crippen MR) is 75.2 cm³/mol. The highest BCUT2D eigenvalue weighted by Gasteiger charge is 2.17. The second kappa shape index (κ2) is 7.56. The molecule has 1 rings (SSSR count). The number of nitrogens with zero attached hydrogens (tertiary/aromatic N) is 3. The molecule has 0 aliphatic heterocycles. The second-order valence-electron chi connectivity index (χ2n) is 4.09. The molecule has 1 aromatic carbocycles. The summed E-state index contributed by atoms with van der Waals surface area (Å²) < 4.78 is 0.733. The molecule has 0 saturated carbocycles. The van der Waals surface area contributed by atoms with Crippen molar-refractivity contribution in [3.63, 3.8) is 0 Å². The molecular weight excluding hydrogens is 306 g/mol. The molecule has 5 heteroatoms. The van der Waals surface area contributed by atoms with Crippen LogP contribution in [0, 0.1) is 29.6 Å². The fourth-order valence-electron chi connectivity index (χ4n) is 1.65. The van der Waals surface area contributed by atoms with Gasteiger partial charge in [0.1, 0.15) is 0 Å². The lowest BCUT2D eigenvalue weighted by Crippen LogP contribution is -2.33. The Balaban J connectivity index is 2.91. The Morgan fingerprint density at radius 2 is 1.84 bits per heavy atom. The molecule has 0 N–H and O–H groups in total. The van der Waals surface area contributed by atoms with E-state index in [0.717, 1.165) is 10.0 Å². The molecule has 0 aromatic heterocycles. The van der Waals surface area contributed by atoms with Gasteiger partial charge in [0.15, 0.2) is 0 Å². The minimum atomic E-state index is -0.155. The summed E-state index contributed by atoms with van der Waals surface area (Å²) in [5.41, 5.74) is 1.62. The van der Waals surface area contributed by atoms with Crippen molar-refractivity contribution < 1.29 is 4.79 Å². The van der Waals surface area contributed by atoms with Gasteiger partial charge in [0, 0.05) is 17.6 Å². The highest BCUT2D eigenvalue weighted by molar-refractivity contribution is 9.10. The van der Waals surface area contributed by atoms with Gasteiger partial charge >= 0.3 is 0 Å². The Kier molecular flexibility index (Phi) is 6.05. The number of hydrogen-bond acceptors (Lipinski definition) is 3. The van der Waals surface area contributed by atoms with Crippen molar-refractivity contribution in [2.24, 2.45) is 0 Å². The molecule has 0 fully saturated rings. The van der Waals surface area contributed by atoms with E-state index >= 15 is 0 Å². The van der Waals surface area contributed by atoms with Crippen LogP contribution >= 0.6 is 15.9 Å². The molecule has 0 saturated heterocycles. The summed E-state index contributed by atoms with van der Waals surface area (Å²) in [4.78, 5) is 13.9. The van der Waals surface area contributed by atoms with E-state index in [2.05, 4.69) is 15.9 Å². The Morgan fingerprint density at radius 3 is 2.32 bits per heavy atom. The van der Waals surface area contributed by atoms with Gasteiger partial charge in [0.2, 0.25) is 0 Å². The maximum atomic E-state index is 12.4. The summed E-state index contributed by atoms with van der Waals surface area (Å²) >= 11 is 3.37. The number of nitriles is 2. The maximum Gasteiger partial charge on any atom is 0.255 e. The standard InChI is InChI=1S/C14H14BrN3O/c1-11-4-5-12(13(15)10-11)14(19)18(8-2-6-16)9-3-7-17/h4-5,10H,2-3,8-9H2,1H3. The van der Waals surface area contributed by atoms with Crippen LogP contribution in [0.25, 0.3) is 0 Å². The Hall–Kier alpha value is -1.85. The molecule has 0 aliphatic carbocycles. The third-order valence-electron chi connectivity index (χ3n) is 2.63. The summed E-state index contributed by atoms with van der Waals surface area (Å²) in [7, 11) is 0. The van der Waals surface area contributed by atoms with Gasteiger partial charge in [-0.1, -0.05) is 6.07 Å². The molecular formula is C14H14BrN3O. The number of aryl methyl sites for hydroxylation is 1. The first-order chi connectivity index (χ1) is 9.10. The van der Waals surface area contributed by atoms with Crippen LogP contribution in [-0.4, -0.2) is 23.9 Å². The van der Waals surface area contributed by atoms with Crippen molar-refractivity contribution in [2.45, 2.75) is 19.8 Å². The number of carbonyl (C=O) groups excluding carboxylic acids is 1. The van der Waals surface area contributed by atoms with E-state index < -0.39 is 0 Å². The largest absolute Gasteiger partial charge is 0.337 e. The molecule has 0 heterocycles. The van der Waals surface area contributed by atoms with Crippen LogP contribution in [0.15, 0.2) is 22.7 Å². The van der Waals surface area contributed by atoms with Gasteiger partial charge in [-0.05, 0) is 40.5 Å². The topological polar surface area (TPSA) is 67.9 Å². The number of carbonyl (C=O) groups is 1. The fraction of sp³-hybridized carbons (Fsp3) is 0.357.